The highest BCUT2D eigenvalue weighted by atomic mass is 19.1. The number of hydrogen-bond donors (Lipinski definition) is 0. The standard InChI is InChI=1S/C19H21FN8O/c1-25-17-16(23-24-25)18(22-12-21-17)28-10-13(11-28)19(29)27-8-6-26(7-9-27)15-5-3-2-4-14(15)20/h2-5,12-13H,6-11H2,1H3. The van der Waals surface area contributed by atoms with Gasteiger partial charge in [-0.05, 0) is 12.1 Å². The lowest BCUT2D eigenvalue weighted by Gasteiger charge is -2.43. The smallest absolute Gasteiger partial charge is 0.229 e. The van der Waals surface area contributed by atoms with Gasteiger partial charge in [0, 0.05) is 46.3 Å². The first kappa shape index (κ1) is 17.8. The molecule has 9 nitrogen and oxygen atoms in total. The van der Waals surface area contributed by atoms with Crippen molar-refractivity contribution in [2.24, 2.45) is 13.0 Å². The van der Waals surface area contributed by atoms with Gasteiger partial charge in [0.25, 0.3) is 0 Å². The maximum atomic E-state index is 14.0. The van der Waals surface area contributed by atoms with Crippen LogP contribution in [0.25, 0.3) is 11.2 Å². The molecule has 2 aliphatic heterocycles. The summed E-state index contributed by atoms with van der Waals surface area (Å²) >= 11 is 0. The van der Waals surface area contributed by atoms with E-state index >= 15 is 0 Å². The molecule has 10 heteroatoms. The molecule has 4 heterocycles. The molecule has 0 saturated carbocycles. The van der Waals surface area contributed by atoms with Gasteiger partial charge in [-0.2, -0.15) is 0 Å². The van der Waals surface area contributed by atoms with Crippen LogP contribution in [0.5, 0.6) is 0 Å². The van der Waals surface area contributed by atoms with Gasteiger partial charge in [-0.1, -0.05) is 17.3 Å². The van der Waals surface area contributed by atoms with Crippen LogP contribution in [0.2, 0.25) is 0 Å². The number of fused-ring (bicyclic) bond motifs is 1. The Morgan fingerprint density at radius 3 is 2.59 bits per heavy atom. The van der Waals surface area contributed by atoms with E-state index in [9.17, 15) is 9.18 Å². The Hall–Kier alpha value is -3.30. The SMILES string of the molecule is Cn1nnc2c(N3CC(C(=O)N4CCN(c5ccccc5F)CC4)C3)ncnc21. The van der Waals surface area contributed by atoms with Crippen LogP contribution in [0.4, 0.5) is 15.9 Å². The third kappa shape index (κ3) is 3.04. The first-order valence-electron chi connectivity index (χ1n) is 9.65. The molecule has 2 aliphatic rings. The van der Waals surface area contributed by atoms with Gasteiger partial charge in [0.15, 0.2) is 17.0 Å². The minimum Gasteiger partial charge on any atom is -0.366 e. The van der Waals surface area contributed by atoms with Gasteiger partial charge in [-0.15, -0.1) is 5.10 Å². The first-order valence-corrected chi connectivity index (χ1v) is 9.65. The Morgan fingerprint density at radius 1 is 1.07 bits per heavy atom. The molecule has 0 N–H and O–H groups in total. The van der Waals surface area contributed by atoms with E-state index in [0.29, 0.717) is 56.1 Å². The van der Waals surface area contributed by atoms with Crippen LogP contribution in [0.15, 0.2) is 30.6 Å². The van der Waals surface area contributed by atoms with E-state index in [0.717, 1.165) is 5.82 Å². The summed E-state index contributed by atoms with van der Waals surface area (Å²) in [6.07, 6.45) is 1.50. The maximum Gasteiger partial charge on any atom is 0.229 e. The van der Waals surface area contributed by atoms with Crippen LogP contribution < -0.4 is 9.80 Å². The summed E-state index contributed by atoms with van der Waals surface area (Å²) in [4.78, 5) is 27.3. The van der Waals surface area contributed by atoms with Crippen molar-refractivity contribution in [1.82, 2.24) is 29.9 Å². The van der Waals surface area contributed by atoms with Crippen LogP contribution in [-0.2, 0) is 11.8 Å². The zero-order valence-electron chi connectivity index (χ0n) is 16.1. The second kappa shape index (κ2) is 6.94. The third-order valence-corrected chi connectivity index (χ3v) is 5.68. The van der Waals surface area contributed by atoms with Crippen LogP contribution in [0.3, 0.4) is 0 Å². The number of amides is 1. The number of halogens is 1. The second-order valence-corrected chi connectivity index (χ2v) is 7.45. The van der Waals surface area contributed by atoms with Crippen molar-refractivity contribution in [2.75, 3.05) is 49.1 Å². The molecule has 3 aromatic rings. The number of carbonyl (C=O) groups excluding carboxylic acids is 1. The number of nitrogens with zero attached hydrogens (tertiary/aromatic N) is 8. The number of hydrogen-bond acceptors (Lipinski definition) is 7. The monoisotopic (exact) mass is 396 g/mol. The second-order valence-electron chi connectivity index (χ2n) is 7.45. The number of rotatable bonds is 3. The Morgan fingerprint density at radius 2 is 1.83 bits per heavy atom. The van der Waals surface area contributed by atoms with Gasteiger partial charge < -0.3 is 14.7 Å². The summed E-state index contributed by atoms with van der Waals surface area (Å²) in [6, 6.07) is 6.77. The molecule has 5 rings (SSSR count). The number of para-hydroxylation sites is 1. The summed E-state index contributed by atoms with van der Waals surface area (Å²) in [5.74, 6) is 0.592. The lowest BCUT2D eigenvalue weighted by molar-refractivity contribution is -0.136. The number of aromatic nitrogens is 5. The quantitative estimate of drug-likeness (QED) is 0.644. The lowest BCUT2D eigenvalue weighted by atomic mass is 9.98. The predicted octanol–water partition coefficient (Wildman–Crippen LogP) is 0.682. The van der Waals surface area contributed by atoms with Crippen LogP contribution in [0, 0.1) is 11.7 Å². The molecule has 1 aromatic carbocycles. The molecule has 0 bridgehead atoms. The molecule has 29 heavy (non-hydrogen) atoms. The normalized spacial score (nSPS) is 17.7. The molecule has 2 fully saturated rings. The van der Waals surface area contributed by atoms with Gasteiger partial charge in [0.2, 0.25) is 5.91 Å². The van der Waals surface area contributed by atoms with E-state index in [1.165, 1.54) is 12.4 Å². The van der Waals surface area contributed by atoms with Crippen molar-refractivity contribution < 1.29 is 9.18 Å². The molecule has 0 unspecified atom stereocenters. The third-order valence-electron chi connectivity index (χ3n) is 5.68. The molecule has 0 aliphatic carbocycles. The number of benzene rings is 1. The van der Waals surface area contributed by atoms with Crippen LogP contribution in [0.1, 0.15) is 0 Å². The van der Waals surface area contributed by atoms with E-state index in [1.807, 2.05) is 20.8 Å². The van der Waals surface area contributed by atoms with E-state index in [2.05, 4.69) is 20.3 Å². The average Bonchev–Trinajstić information content (AvgIpc) is 3.09. The molecule has 0 radical (unpaired) electrons. The van der Waals surface area contributed by atoms with Crippen LogP contribution in [-0.4, -0.2) is 75.0 Å². The number of piperazine rings is 1. The van der Waals surface area contributed by atoms with Crippen molar-refractivity contribution >= 4 is 28.6 Å². The highest BCUT2D eigenvalue weighted by molar-refractivity contribution is 5.86. The molecule has 150 valence electrons. The van der Waals surface area contributed by atoms with Gasteiger partial charge in [0.05, 0.1) is 11.6 Å². The van der Waals surface area contributed by atoms with Crippen molar-refractivity contribution in [1.29, 1.82) is 0 Å². The lowest BCUT2D eigenvalue weighted by Crippen LogP contribution is -2.58. The highest BCUT2D eigenvalue weighted by Gasteiger charge is 2.38. The van der Waals surface area contributed by atoms with Crippen molar-refractivity contribution in [3.63, 3.8) is 0 Å². The minimum atomic E-state index is -0.220. The topological polar surface area (TPSA) is 83.3 Å². The van der Waals surface area contributed by atoms with Gasteiger partial charge in [-0.3, -0.25) is 4.79 Å². The summed E-state index contributed by atoms with van der Waals surface area (Å²) in [5.41, 5.74) is 1.93. The zero-order chi connectivity index (χ0) is 20.0. The number of carbonyl (C=O) groups is 1. The van der Waals surface area contributed by atoms with Gasteiger partial charge >= 0.3 is 0 Å². The molecule has 2 aromatic heterocycles. The van der Waals surface area contributed by atoms with Crippen molar-refractivity contribution in [3.05, 3.63) is 36.4 Å². The predicted molar refractivity (Wildman–Crippen MR) is 105 cm³/mol. The molecular formula is C19H21FN8O. The maximum absolute atomic E-state index is 14.0. The van der Waals surface area contributed by atoms with E-state index in [1.54, 1.807) is 23.9 Å². The fourth-order valence-corrected chi connectivity index (χ4v) is 4.01. The van der Waals surface area contributed by atoms with Gasteiger partial charge in [-0.25, -0.2) is 19.0 Å². The van der Waals surface area contributed by atoms with Crippen molar-refractivity contribution in [3.8, 4) is 0 Å². The van der Waals surface area contributed by atoms with E-state index in [-0.39, 0.29) is 17.6 Å². The zero-order valence-corrected chi connectivity index (χ0v) is 16.1. The van der Waals surface area contributed by atoms with Crippen molar-refractivity contribution in [2.45, 2.75) is 0 Å². The fourth-order valence-electron chi connectivity index (χ4n) is 4.01. The average molecular weight is 396 g/mol. The minimum absolute atomic E-state index is 0.0586. The van der Waals surface area contributed by atoms with E-state index < -0.39 is 0 Å². The summed E-state index contributed by atoms with van der Waals surface area (Å²) in [6.45, 7) is 3.69. The Bertz CT molecular complexity index is 1060. The summed E-state index contributed by atoms with van der Waals surface area (Å²) < 4.78 is 15.6. The molecule has 2 saturated heterocycles. The largest absolute Gasteiger partial charge is 0.366 e. The fraction of sp³-hybridized carbons (Fsp3) is 0.421. The Kier molecular flexibility index (Phi) is 4.26. The Balaban J connectivity index is 1.20. The Labute approximate surface area is 166 Å². The summed E-state index contributed by atoms with van der Waals surface area (Å²) in [5, 5.41) is 8.13. The highest BCUT2D eigenvalue weighted by Crippen LogP contribution is 2.29. The number of aryl methyl sites for hydroxylation is 1. The molecular weight excluding hydrogens is 375 g/mol. The number of anilines is 2. The van der Waals surface area contributed by atoms with Gasteiger partial charge in [0.1, 0.15) is 12.1 Å². The molecule has 0 atom stereocenters. The van der Waals surface area contributed by atoms with Crippen LogP contribution >= 0.6 is 0 Å². The molecule has 0 spiro atoms. The summed E-state index contributed by atoms with van der Waals surface area (Å²) in [7, 11) is 1.79. The first-order chi connectivity index (χ1) is 14.1. The van der Waals surface area contributed by atoms with E-state index in [4.69, 9.17) is 0 Å². The molecule has 1 amide bonds.